The van der Waals surface area contributed by atoms with Crippen LogP contribution in [0.3, 0.4) is 0 Å². The Balaban J connectivity index is 1.45. The van der Waals surface area contributed by atoms with Gasteiger partial charge in [0, 0.05) is 23.8 Å². The number of nitrogens with one attached hydrogen (secondary N) is 2. The highest BCUT2D eigenvalue weighted by Crippen LogP contribution is 2.32. The van der Waals surface area contributed by atoms with Gasteiger partial charge in [-0.25, -0.2) is 9.97 Å². The second-order valence-corrected chi connectivity index (χ2v) is 8.33. The van der Waals surface area contributed by atoms with Crippen molar-refractivity contribution in [2.45, 2.75) is 31.9 Å². The van der Waals surface area contributed by atoms with Gasteiger partial charge in [0.1, 0.15) is 11.6 Å². The third-order valence-corrected chi connectivity index (χ3v) is 5.87. The SMILES string of the molecule is FC(F)(F)c1ccnc(Nc2ccc3c(NCCCN4CCCCC4)ccc(Cl)c3n2)c1. The Morgan fingerprint density at radius 1 is 1.00 bits per heavy atom. The molecule has 3 aromatic rings. The van der Waals surface area contributed by atoms with Crippen molar-refractivity contribution in [2.24, 2.45) is 0 Å². The molecule has 1 fully saturated rings. The predicted octanol–water partition coefficient (Wildman–Crippen LogP) is 6.33. The molecule has 0 unspecified atom stereocenters. The summed E-state index contributed by atoms with van der Waals surface area (Å²) in [5.74, 6) is 0.434. The van der Waals surface area contributed by atoms with Crippen LogP contribution < -0.4 is 10.6 Å². The summed E-state index contributed by atoms with van der Waals surface area (Å²) >= 11 is 6.36. The average Bonchev–Trinajstić information content (AvgIpc) is 2.78. The lowest BCUT2D eigenvalue weighted by Crippen LogP contribution is -2.31. The molecule has 0 bridgehead atoms. The third kappa shape index (κ3) is 5.61. The lowest BCUT2D eigenvalue weighted by atomic mass is 10.1. The Labute approximate surface area is 190 Å². The molecule has 5 nitrogen and oxygen atoms in total. The van der Waals surface area contributed by atoms with Gasteiger partial charge < -0.3 is 15.5 Å². The van der Waals surface area contributed by atoms with Crippen LogP contribution in [0.4, 0.5) is 30.5 Å². The number of aromatic nitrogens is 2. The molecule has 1 aliphatic heterocycles. The van der Waals surface area contributed by atoms with E-state index in [9.17, 15) is 13.2 Å². The molecule has 9 heteroatoms. The summed E-state index contributed by atoms with van der Waals surface area (Å²) in [7, 11) is 0. The van der Waals surface area contributed by atoms with Crippen LogP contribution in [0.1, 0.15) is 31.2 Å². The Hall–Kier alpha value is -2.58. The normalized spacial score (nSPS) is 15.1. The lowest BCUT2D eigenvalue weighted by molar-refractivity contribution is -0.137. The number of alkyl halides is 3. The molecule has 0 spiro atoms. The van der Waals surface area contributed by atoms with Gasteiger partial charge in [-0.1, -0.05) is 18.0 Å². The molecule has 0 saturated carbocycles. The third-order valence-electron chi connectivity index (χ3n) is 5.57. The van der Waals surface area contributed by atoms with Gasteiger partial charge in [-0.15, -0.1) is 0 Å². The molecule has 4 rings (SSSR count). The summed E-state index contributed by atoms with van der Waals surface area (Å²) < 4.78 is 38.8. The van der Waals surface area contributed by atoms with E-state index in [4.69, 9.17) is 11.6 Å². The van der Waals surface area contributed by atoms with Crippen molar-refractivity contribution in [3.05, 3.63) is 53.2 Å². The molecule has 3 heterocycles. The van der Waals surface area contributed by atoms with E-state index in [1.54, 1.807) is 12.1 Å². The number of fused-ring (bicyclic) bond motifs is 1. The molecule has 0 atom stereocenters. The Kier molecular flexibility index (Phi) is 7.01. The number of hydrogen-bond acceptors (Lipinski definition) is 5. The van der Waals surface area contributed by atoms with Crippen molar-refractivity contribution in [3.63, 3.8) is 0 Å². The Morgan fingerprint density at radius 3 is 2.59 bits per heavy atom. The molecule has 0 amide bonds. The summed E-state index contributed by atoms with van der Waals surface area (Å²) in [5.41, 5.74) is 0.730. The molecule has 1 aliphatic rings. The maximum Gasteiger partial charge on any atom is 0.416 e. The van der Waals surface area contributed by atoms with Crippen molar-refractivity contribution in [2.75, 3.05) is 36.8 Å². The first kappa shape index (κ1) is 22.6. The Bertz CT molecular complexity index is 1070. The maximum absolute atomic E-state index is 12.9. The number of benzene rings is 1. The van der Waals surface area contributed by atoms with E-state index in [2.05, 4.69) is 25.5 Å². The number of piperidine rings is 1. The van der Waals surface area contributed by atoms with E-state index in [0.29, 0.717) is 16.4 Å². The van der Waals surface area contributed by atoms with E-state index in [1.165, 1.54) is 32.4 Å². The molecule has 1 saturated heterocycles. The van der Waals surface area contributed by atoms with Crippen molar-refractivity contribution in [1.29, 1.82) is 0 Å². The number of nitrogens with zero attached hydrogens (tertiary/aromatic N) is 3. The zero-order chi connectivity index (χ0) is 22.6. The summed E-state index contributed by atoms with van der Waals surface area (Å²) in [4.78, 5) is 11.0. The van der Waals surface area contributed by atoms with E-state index < -0.39 is 11.7 Å². The Morgan fingerprint density at radius 2 is 1.81 bits per heavy atom. The first-order valence-corrected chi connectivity index (χ1v) is 11.1. The molecule has 0 aliphatic carbocycles. The van der Waals surface area contributed by atoms with Crippen LogP contribution in [-0.4, -0.2) is 41.0 Å². The summed E-state index contributed by atoms with van der Waals surface area (Å²) in [6.07, 6.45) is 1.62. The second kappa shape index (κ2) is 9.92. The van der Waals surface area contributed by atoms with E-state index in [1.807, 2.05) is 12.1 Å². The van der Waals surface area contributed by atoms with Crippen LogP contribution in [0.2, 0.25) is 5.02 Å². The molecule has 170 valence electrons. The number of anilines is 3. The van der Waals surface area contributed by atoms with Crippen LogP contribution in [0.25, 0.3) is 10.9 Å². The minimum atomic E-state index is -4.44. The fraction of sp³-hybridized carbons (Fsp3) is 0.391. The van der Waals surface area contributed by atoms with Crippen molar-refractivity contribution in [3.8, 4) is 0 Å². The zero-order valence-electron chi connectivity index (χ0n) is 17.6. The van der Waals surface area contributed by atoms with Gasteiger partial charge in [0.25, 0.3) is 0 Å². The molecule has 1 aromatic carbocycles. The largest absolute Gasteiger partial charge is 0.416 e. The highest BCUT2D eigenvalue weighted by Gasteiger charge is 2.30. The standard InChI is InChI=1S/C23H25ClF3N5/c24-18-6-7-19(28-10-4-14-32-12-2-1-3-13-32)17-5-8-20(31-22(17)18)30-21-15-16(9-11-29-21)23(25,26)27/h5-9,11,15,28H,1-4,10,12-14H2,(H,29,30,31). The number of rotatable bonds is 7. The highest BCUT2D eigenvalue weighted by atomic mass is 35.5. The fourth-order valence-electron chi connectivity index (χ4n) is 3.92. The monoisotopic (exact) mass is 463 g/mol. The molecule has 2 aromatic heterocycles. The van der Waals surface area contributed by atoms with Gasteiger partial charge in [0.15, 0.2) is 0 Å². The zero-order valence-corrected chi connectivity index (χ0v) is 18.3. The number of likely N-dealkylation sites (tertiary alicyclic amines) is 1. The molecule has 32 heavy (non-hydrogen) atoms. The minimum absolute atomic E-state index is 0.0646. The average molecular weight is 464 g/mol. The first-order valence-electron chi connectivity index (χ1n) is 10.8. The summed E-state index contributed by atoms with van der Waals surface area (Å²) in [6, 6.07) is 9.15. The fourth-order valence-corrected chi connectivity index (χ4v) is 4.13. The number of hydrogen-bond donors (Lipinski definition) is 2. The summed E-state index contributed by atoms with van der Waals surface area (Å²) in [6.45, 7) is 4.28. The molecular formula is C23H25ClF3N5. The predicted molar refractivity (Wildman–Crippen MR) is 123 cm³/mol. The van der Waals surface area contributed by atoms with E-state index in [-0.39, 0.29) is 5.82 Å². The van der Waals surface area contributed by atoms with Gasteiger partial charge in [-0.05, 0) is 75.3 Å². The summed E-state index contributed by atoms with van der Waals surface area (Å²) in [5, 5.41) is 7.63. The van der Waals surface area contributed by atoms with Crippen LogP contribution in [0.5, 0.6) is 0 Å². The molecule has 0 radical (unpaired) electrons. The molecular weight excluding hydrogens is 439 g/mol. The van der Waals surface area contributed by atoms with Gasteiger partial charge in [0.2, 0.25) is 0 Å². The van der Waals surface area contributed by atoms with Crippen LogP contribution in [0, 0.1) is 0 Å². The minimum Gasteiger partial charge on any atom is -0.384 e. The van der Waals surface area contributed by atoms with Crippen molar-refractivity contribution < 1.29 is 13.2 Å². The number of halogens is 4. The van der Waals surface area contributed by atoms with Crippen LogP contribution in [-0.2, 0) is 6.18 Å². The lowest BCUT2D eigenvalue weighted by Gasteiger charge is -2.26. The van der Waals surface area contributed by atoms with Gasteiger partial charge in [-0.2, -0.15) is 13.2 Å². The quantitative estimate of drug-likeness (QED) is 0.401. The number of pyridine rings is 2. The first-order chi connectivity index (χ1) is 15.4. The highest BCUT2D eigenvalue weighted by molar-refractivity contribution is 6.35. The van der Waals surface area contributed by atoms with Crippen molar-refractivity contribution in [1.82, 2.24) is 14.9 Å². The van der Waals surface area contributed by atoms with Crippen LogP contribution in [0.15, 0.2) is 42.6 Å². The van der Waals surface area contributed by atoms with Gasteiger partial charge >= 0.3 is 6.18 Å². The van der Waals surface area contributed by atoms with Gasteiger partial charge in [-0.3, -0.25) is 0 Å². The van der Waals surface area contributed by atoms with Gasteiger partial charge in [0.05, 0.1) is 16.1 Å². The smallest absolute Gasteiger partial charge is 0.384 e. The molecule has 2 N–H and O–H groups in total. The topological polar surface area (TPSA) is 53.1 Å². The van der Waals surface area contributed by atoms with Crippen LogP contribution >= 0.6 is 11.6 Å². The maximum atomic E-state index is 12.9. The van der Waals surface area contributed by atoms with E-state index >= 15 is 0 Å². The second-order valence-electron chi connectivity index (χ2n) is 7.92. The van der Waals surface area contributed by atoms with E-state index in [0.717, 1.165) is 48.9 Å². The van der Waals surface area contributed by atoms with Crippen molar-refractivity contribution >= 4 is 39.8 Å².